The summed E-state index contributed by atoms with van der Waals surface area (Å²) >= 11 is 0. The third-order valence-corrected chi connectivity index (χ3v) is 3.80. The van der Waals surface area contributed by atoms with Crippen LogP contribution in [0.5, 0.6) is 0 Å². The second-order valence-electron chi connectivity index (χ2n) is 5.21. The first-order valence-electron chi connectivity index (χ1n) is 6.92. The van der Waals surface area contributed by atoms with Crippen molar-refractivity contribution >= 4 is 5.91 Å². The van der Waals surface area contributed by atoms with Crippen molar-refractivity contribution in [2.45, 2.75) is 38.5 Å². The maximum absolute atomic E-state index is 11.5. The number of carbonyl (C=O) groups is 1. The molecule has 1 aromatic rings. The lowest BCUT2D eigenvalue weighted by Gasteiger charge is -2.18. The topological polar surface area (TPSA) is 44.1 Å². The fourth-order valence-corrected chi connectivity index (χ4v) is 2.57. The summed E-state index contributed by atoms with van der Waals surface area (Å²) in [4.78, 5) is 13.1. The van der Waals surface area contributed by atoms with Gasteiger partial charge >= 0.3 is 0 Å². The number of nitriles is 1. The fourth-order valence-electron chi connectivity index (χ4n) is 2.57. The van der Waals surface area contributed by atoms with Crippen LogP contribution in [-0.2, 0) is 24.1 Å². The van der Waals surface area contributed by atoms with Gasteiger partial charge in [0, 0.05) is 13.6 Å². The van der Waals surface area contributed by atoms with E-state index in [2.05, 4.69) is 18.2 Å². The van der Waals surface area contributed by atoms with Gasteiger partial charge < -0.3 is 4.90 Å². The summed E-state index contributed by atoms with van der Waals surface area (Å²) in [5, 5.41) is 8.51. The zero-order valence-corrected chi connectivity index (χ0v) is 11.5. The Morgan fingerprint density at radius 3 is 2.79 bits per heavy atom. The second-order valence-corrected chi connectivity index (χ2v) is 5.21. The van der Waals surface area contributed by atoms with E-state index in [0.717, 1.165) is 6.42 Å². The number of fused-ring (bicyclic) bond motifs is 1. The molecule has 0 heterocycles. The van der Waals surface area contributed by atoms with E-state index >= 15 is 0 Å². The Morgan fingerprint density at radius 1 is 1.32 bits per heavy atom. The number of amides is 1. The van der Waals surface area contributed by atoms with E-state index in [1.807, 2.05) is 6.07 Å². The Bertz CT molecular complexity index is 502. The molecule has 1 amide bonds. The molecule has 0 N–H and O–H groups in total. The summed E-state index contributed by atoms with van der Waals surface area (Å²) in [5.74, 6) is -0.0968. The molecule has 1 aromatic carbocycles. The van der Waals surface area contributed by atoms with Crippen molar-refractivity contribution in [1.29, 1.82) is 5.26 Å². The van der Waals surface area contributed by atoms with E-state index < -0.39 is 0 Å². The highest BCUT2D eigenvalue weighted by Crippen LogP contribution is 2.22. The van der Waals surface area contributed by atoms with Crippen molar-refractivity contribution in [3.05, 3.63) is 34.9 Å². The first-order chi connectivity index (χ1) is 9.20. The SMILES string of the molecule is CN(CCc1ccc2c(c1)CCCC2)C(=O)CC#N. The zero-order chi connectivity index (χ0) is 13.7. The van der Waals surface area contributed by atoms with Crippen LogP contribution < -0.4 is 0 Å². The van der Waals surface area contributed by atoms with Crippen LogP contribution in [0.1, 0.15) is 36.0 Å². The van der Waals surface area contributed by atoms with Crippen molar-refractivity contribution < 1.29 is 4.79 Å². The lowest BCUT2D eigenvalue weighted by molar-refractivity contribution is -0.128. The Balaban J connectivity index is 1.93. The molecular formula is C16H20N2O. The molecule has 3 nitrogen and oxygen atoms in total. The number of benzene rings is 1. The van der Waals surface area contributed by atoms with Crippen LogP contribution in [0, 0.1) is 11.3 Å². The lowest BCUT2D eigenvalue weighted by atomic mass is 9.90. The minimum Gasteiger partial charge on any atom is -0.345 e. The van der Waals surface area contributed by atoms with Crippen molar-refractivity contribution in [1.82, 2.24) is 4.90 Å². The van der Waals surface area contributed by atoms with Crippen LogP contribution in [0.4, 0.5) is 0 Å². The van der Waals surface area contributed by atoms with Gasteiger partial charge in [-0.1, -0.05) is 18.2 Å². The third-order valence-electron chi connectivity index (χ3n) is 3.80. The van der Waals surface area contributed by atoms with E-state index in [9.17, 15) is 4.79 Å². The number of hydrogen-bond acceptors (Lipinski definition) is 2. The molecule has 0 saturated heterocycles. The summed E-state index contributed by atoms with van der Waals surface area (Å²) in [6.07, 6.45) is 5.82. The summed E-state index contributed by atoms with van der Waals surface area (Å²) in [6, 6.07) is 8.60. The molecule has 0 unspecified atom stereocenters. The third kappa shape index (κ3) is 3.57. The molecule has 0 atom stereocenters. The molecule has 19 heavy (non-hydrogen) atoms. The highest BCUT2D eigenvalue weighted by molar-refractivity contribution is 5.77. The molecule has 2 rings (SSSR count). The van der Waals surface area contributed by atoms with E-state index in [0.29, 0.717) is 6.54 Å². The maximum Gasteiger partial charge on any atom is 0.236 e. The number of hydrogen-bond donors (Lipinski definition) is 0. The van der Waals surface area contributed by atoms with Crippen LogP contribution in [-0.4, -0.2) is 24.4 Å². The lowest BCUT2D eigenvalue weighted by Crippen LogP contribution is -2.28. The summed E-state index contributed by atoms with van der Waals surface area (Å²) in [7, 11) is 1.76. The molecule has 0 aliphatic heterocycles. The van der Waals surface area contributed by atoms with Crippen LogP contribution in [0.3, 0.4) is 0 Å². The van der Waals surface area contributed by atoms with Gasteiger partial charge in [0.05, 0.1) is 6.07 Å². The highest BCUT2D eigenvalue weighted by atomic mass is 16.2. The number of nitrogens with zero attached hydrogens (tertiary/aromatic N) is 2. The van der Waals surface area contributed by atoms with Crippen LogP contribution >= 0.6 is 0 Å². The molecule has 1 aliphatic carbocycles. The number of carbonyl (C=O) groups excluding carboxylic acids is 1. The Morgan fingerprint density at radius 2 is 2.05 bits per heavy atom. The monoisotopic (exact) mass is 256 g/mol. The Labute approximate surface area is 114 Å². The van der Waals surface area contributed by atoms with Crippen molar-refractivity contribution in [3.8, 4) is 6.07 Å². The smallest absolute Gasteiger partial charge is 0.236 e. The number of aryl methyl sites for hydroxylation is 2. The van der Waals surface area contributed by atoms with Gasteiger partial charge in [-0.15, -0.1) is 0 Å². The molecule has 0 radical (unpaired) electrons. The van der Waals surface area contributed by atoms with Crippen molar-refractivity contribution in [3.63, 3.8) is 0 Å². The quantitative estimate of drug-likeness (QED) is 0.830. The minimum absolute atomic E-state index is 0.0271. The van der Waals surface area contributed by atoms with Gasteiger partial charge in [-0.05, 0) is 48.8 Å². The van der Waals surface area contributed by atoms with Crippen molar-refractivity contribution in [2.24, 2.45) is 0 Å². The Kier molecular flexibility index (Phi) is 4.57. The van der Waals surface area contributed by atoms with Crippen LogP contribution in [0.2, 0.25) is 0 Å². The summed E-state index contributed by atoms with van der Waals surface area (Å²) in [6.45, 7) is 0.680. The molecule has 0 spiro atoms. The standard InChI is InChI=1S/C16H20N2O/c1-18(16(19)8-10-17)11-9-13-6-7-14-4-2-3-5-15(14)12-13/h6-7,12H,2-5,8-9,11H2,1H3. The van der Waals surface area contributed by atoms with Gasteiger partial charge in [0.2, 0.25) is 5.91 Å². The summed E-state index contributed by atoms with van der Waals surface area (Å²) < 4.78 is 0. The van der Waals surface area contributed by atoms with E-state index in [4.69, 9.17) is 5.26 Å². The van der Waals surface area contributed by atoms with Gasteiger partial charge in [-0.3, -0.25) is 4.79 Å². The van der Waals surface area contributed by atoms with Gasteiger partial charge in [0.15, 0.2) is 0 Å². The largest absolute Gasteiger partial charge is 0.345 e. The molecule has 1 aliphatic rings. The van der Waals surface area contributed by atoms with Gasteiger partial charge in [-0.2, -0.15) is 5.26 Å². The van der Waals surface area contributed by atoms with Gasteiger partial charge in [-0.25, -0.2) is 0 Å². The minimum atomic E-state index is -0.0968. The number of likely N-dealkylation sites (N-methyl/N-ethyl adjacent to an activating group) is 1. The van der Waals surface area contributed by atoms with Gasteiger partial charge in [0.1, 0.15) is 6.42 Å². The Hall–Kier alpha value is -1.82. The first-order valence-corrected chi connectivity index (χ1v) is 6.92. The molecule has 0 fully saturated rings. The zero-order valence-electron chi connectivity index (χ0n) is 11.5. The second kappa shape index (κ2) is 6.38. The molecular weight excluding hydrogens is 236 g/mol. The molecule has 0 saturated carbocycles. The molecule has 3 heteroatoms. The van der Waals surface area contributed by atoms with Crippen LogP contribution in [0.25, 0.3) is 0 Å². The fraction of sp³-hybridized carbons (Fsp3) is 0.500. The van der Waals surface area contributed by atoms with E-state index in [1.165, 1.54) is 42.4 Å². The molecule has 100 valence electrons. The van der Waals surface area contributed by atoms with Crippen molar-refractivity contribution in [2.75, 3.05) is 13.6 Å². The normalized spacial score (nSPS) is 13.5. The maximum atomic E-state index is 11.5. The summed E-state index contributed by atoms with van der Waals surface area (Å²) in [5.41, 5.74) is 4.26. The highest BCUT2D eigenvalue weighted by Gasteiger charge is 2.11. The van der Waals surface area contributed by atoms with E-state index in [1.54, 1.807) is 11.9 Å². The predicted octanol–water partition coefficient (Wildman–Crippen LogP) is 2.48. The molecule has 0 bridgehead atoms. The predicted molar refractivity (Wildman–Crippen MR) is 74.7 cm³/mol. The van der Waals surface area contributed by atoms with E-state index in [-0.39, 0.29) is 12.3 Å². The first kappa shape index (κ1) is 13.6. The number of rotatable bonds is 4. The average Bonchev–Trinajstić information content (AvgIpc) is 2.44. The van der Waals surface area contributed by atoms with Crippen LogP contribution in [0.15, 0.2) is 18.2 Å². The van der Waals surface area contributed by atoms with Gasteiger partial charge in [0.25, 0.3) is 0 Å². The average molecular weight is 256 g/mol. The molecule has 0 aromatic heterocycles.